The first kappa shape index (κ1) is 10.1. The molecule has 2 aromatic carbocycles. The number of halogens is 1. The Balaban J connectivity index is 2.66. The molecular weight excluding hydrogens is 212 g/mol. The van der Waals surface area contributed by atoms with Crippen molar-refractivity contribution in [2.24, 2.45) is 0 Å². The summed E-state index contributed by atoms with van der Waals surface area (Å²) in [5.41, 5.74) is 0. The Labute approximate surface area is 93.4 Å². The number of benzene rings is 2. The Morgan fingerprint density at radius 1 is 0.933 bits per heavy atom. The highest BCUT2D eigenvalue weighted by Crippen LogP contribution is 2.31. The van der Waals surface area contributed by atoms with Gasteiger partial charge in [-0.2, -0.15) is 0 Å². The van der Waals surface area contributed by atoms with Gasteiger partial charge < -0.3 is 9.47 Å². The van der Waals surface area contributed by atoms with E-state index in [0.717, 1.165) is 16.5 Å². The average Bonchev–Trinajstić information content (AvgIpc) is 2.27. The maximum Gasteiger partial charge on any atom is 0.138 e. The summed E-state index contributed by atoms with van der Waals surface area (Å²) in [5, 5.41) is 2.74. The Kier molecular flexibility index (Phi) is 2.69. The molecule has 0 radical (unpaired) electrons. The monoisotopic (exact) mass is 222 g/mol. The SMILES string of the molecule is COc1ccc2cc(Cl)c(OC)cc2c1. The van der Waals surface area contributed by atoms with Gasteiger partial charge in [0.25, 0.3) is 0 Å². The van der Waals surface area contributed by atoms with E-state index in [9.17, 15) is 0 Å². The molecule has 15 heavy (non-hydrogen) atoms. The number of fused-ring (bicyclic) bond motifs is 1. The van der Waals surface area contributed by atoms with E-state index in [1.807, 2.05) is 30.3 Å². The lowest BCUT2D eigenvalue weighted by molar-refractivity contribution is 0.414. The van der Waals surface area contributed by atoms with E-state index in [1.165, 1.54) is 0 Å². The van der Waals surface area contributed by atoms with Crippen LogP contribution in [0.15, 0.2) is 30.3 Å². The van der Waals surface area contributed by atoms with Crippen LogP contribution in [0, 0.1) is 0 Å². The minimum atomic E-state index is 0.621. The quantitative estimate of drug-likeness (QED) is 0.774. The van der Waals surface area contributed by atoms with Gasteiger partial charge in [0.05, 0.1) is 19.2 Å². The molecule has 0 bridgehead atoms. The highest BCUT2D eigenvalue weighted by Gasteiger charge is 2.03. The zero-order valence-electron chi connectivity index (χ0n) is 8.58. The summed E-state index contributed by atoms with van der Waals surface area (Å²) in [6, 6.07) is 9.62. The van der Waals surface area contributed by atoms with Crippen molar-refractivity contribution < 1.29 is 9.47 Å². The minimum absolute atomic E-state index is 0.621. The summed E-state index contributed by atoms with van der Waals surface area (Å²) >= 11 is 6.02. The summed E-state index contributed by atoms with van der Waals surface area (Å²) < 4.78 is 10.3. The molecule has 0 amide bonds. The Morgan fingerprint density at radius 3 is 2.40 bits per heavy atom. The van der Waals surface area contributed by atoms with Crippen molar-refractivity contribution in [3.63, 3.8) is 0 Å². The van der Waals surface area contributed by atoms with Crippen LogP contribution in [0.4, 0.5) is 0 Å². The van der Waals surface area contributed by atoms with E-state index in [-0.39, 0.29) is 0 Å². The lowest BCUT2D eigenvalue weighted by Gasteiger charge is -2.06. The van der Waals surface area contributed by atoms with Gasteiger partial charge in [0.15, 0.2) is 0 Å². The van der Waals surface area contributed by atoms with Gasteiger partial charge in [-0.15, -0.1) is 0 Å². The second kappa shape index (κ2) is 3.99. The second-order valence-corrected chi connectivity index (χ2v) is 3.61. The van der Waals surface area contributed by atoms with Crippen LogP contribution < -0.4 is 9.47 Å². The zero-order chi connectivity index (χ0) is 10.8. The molecule has 3 heteroatoms. The fourth-order valence-electron chi connectivity index (χ4n) is 1.51. The fraction of sp³-hybridized carbons (Fsp3) is 0.167. The predicted molar refractivity (Wildman–Crippen MR) is 62.1 cm³/mol. The highest BCUT2D eigenvalue weighted by molar-refractivity contribution is 6.32. The summed E-state index contributed by atoms with van der Waals surface area (Å²) in [4.78, 5) is 0. The van der Waals surface area contributed by atoms with Gasteiger partial charge in [-0.25, -0.2) is 0 Å². The number of rotatable bonds is 2. The molecular formula is C12H11ClO2. The summed E-state index contributed by atoms with van der Waals surface area (Å²) in [5.74, 6) is 1.50. The third-order valence-electron chi connectivity index (χ3n) is 2.32. The Hall–Kier alpha value is -1.41. The van der Waals surface area contributed by atoms with Crippen molar-refractivity contribution in [3.05, 3.63) is 35.4 Å². The van der Waals surface area contributed by atoms with Crippen LogP contribution in [0.2, 0.25) is 5.02 Å². The van der Waals surface area contributed by atoms with Crippen LogP contribution in [0.25, 0.3) is 10.8 Å². The standard InChI is InChI=1S/C12H11ClO2/c1-14-10-4-3-8-6-11(13)12(15-2)7-9(8)5-10/h3-7H,1-2H3. The largest absolute Gasteiger partial charge is 0.497 e. The molecule has 2 nitrogen and oxygen atoms in total. The Bertz CT molecular complexity index is 494. The van der Waals surface area contributed by atoms with Gasteiger partial charge in [-0.1, -0.05) is 17.7 Å². The molecule has 2 aromatic rings. The molecule has 0 saturated heterocycles. The van der Waals surface area contributed by atoms with E-state index >= 15 is 0 Å². The fourth-order valence-corrected chi connectivity index (χ4v) is 1.76. The topological polar surface area (TPSA) is 18.5 Å². The summed E-state index contributed by atoms with van der Waals surface area (Å²) in [6.07, 6.45) is 0. The van der Waals surface area contributed by atoms with E-state index in [1.54, 1.807) is 14.2 Å². The van der Waals surface area contributed by atoms with Crippen LogP contribution in [0.1, 0.15) is 0 Å². The number of hydrogen-bond donors (Lipinski definition) is 0. The third-order valence-corrected chi connectivity index (χ3v) is 2.61. The van der Waals surface area contributed by atoms with E-state index in [0.29, 0.717) is 10.8 Å². The second-order valence-electron chi connectivity index (χ2n) is 3.20. The van der Waals surface area contributed by atoms with E-state index < -0.39 is 0 Å². The molecule has 0 N–H and O–H groups in total. The average molecular weight is 223 g/mol. The van der Waals surface area contributed by atoms with Crippen LogP contribution in [0.5, 0.6) is 11.5 Å². The van der Waals surface area contributed by atoms with Gasteiger partial charge in [0.1, 0.15) is 11.5 Å². The minimum Gasteiger partial charge on any atom is -0.497 e. The molecule has 0 saturated carbocycles. The molecule has 0 fully saturated rings. The van der Waals surface area contributed by atoms with Gasteiger partial charge >= 0.3 is 0 Å². The van der Waals surface area contributed by atoms with Gasteiger partial charge in [-0.3, -0.25) is 0 Å². The summed E-state index contributed by atoms with van der Waals surface area (Å²) in [6.45, 7) is 0. The maximum atomic E-state index is 6.02. The third kappa shape index (κ3) is 1.85. The normalized spacial score (nSPS) is 10.3. The first-order chi connectivity index (χ1) is 7.24. The van der Waals surface area contributed by atoms with Gasteiger partial charge in [-0.05, 0) is 35.0 Å². The first-order valence-corrected chi connectivity index (χ1v) is 4.93. The lowest BCUT2D eigenvalue weighted by atomic mass is 10.1. The first-order valence-electron chi connectivity index (χ1n) is 4.56. The zero-order valence-corrected chi connectivity index (χ0v) is 9.34. The molecule has 0 unspecified atom stereocenters. The molecule has 0 aromatic heterocycles. The summed E-state index contributed by atoms with van der Waals surface area (Å²) in [7, 11) is 3.25. The van der Waals surface area contributed by atoms with Gasteiger partial charge in [0, 0.05) is 0 Å². The molecule has 0 aliphatic rings. The highest BCUT2D eigenvalue weighted by atomic mass is 35.5. The van der Waals surface area contributed by atoms with Crippen molar-refractivity contribution in [3.8, 4) is 11.5 Å². The number of hydrogen-bond acceptors (Lipinski definition) is 2. The molecule has 2 rings (SSSR count). The smallest absolute Gasteiger partial charge is 0.138 e. The van der Waals surface area contributed by atoms with Crippen LogP contribution >= 0.6 is 11.6 Å². The van der Waals surface area contributed by atoms with Crippen molar-refractivity contribution in [1.29, 1.82) is 0 Å². The van der Waals surface area contributed by atoms with Crippen LogP contribution in [0.3, 0.4) is 0 Å². The molecule has 0 aliphatic heterocycles. The van der Waals surface area contributed by atoms with E-state index in [2.05, 4.69) is 0 Å². The van der Waals surface area contributed by atoms with Crippen LogP contribution in [-0.4, -0.2) is 14.2 Å². The Morgan fingerprint density at radius 2 is 1.73 bits per heavy atom. The van der Waals surface area contributed by atoms with E-state index in [4.69, 9.17) is 21.1 Å². The molecule has 0 atom stereocenters. The van der Waals surface area contributed by atoms with Crippen molar-refractivity contribution >= 4 is 22.4 Å². The number of ether oxygens (including phenoxy) is 2. The van der Waals surface area contributed by atoms with Crippen molar-refractivity contribution in [1.82, 2.24) is 0 Å². The van der Waals surface area contributed by atoms with Crippen molar-refractivity contribution in [2.75, 3.05) is 14.2 Å². The lowest BCUT2D eigenvalue weighted by Crippen LogP contribution is -1.86. The maximum absolute atomic E-state index is 6.02. The molecule has 0 aliphatic carbocycles. The van der Waals surface area contributed by atoms with Crippen LogP contribution in [-0.2, 0) is 0 Å². The predicted octanol–water partition coefficient (Wildman–Crippen LogP) is 3.51. The van der Waals surface area contributed by atoms with Crippen molar-refractivity contribution in [2.45, 2.75) is 0 Å². The number of methoxy groups -OCH3 is 2. The molecule has 78 valence electrons. The molecule has 0 heterocycles. The van der Waals surface area contributed by atoms with Gasteiger partial charge in [0.2, 0.25) is 0 Å². The molecule has 0 spiro atoms.